The number of amides is 2. The van der Waals surface area contributed by atoms with Crippen LogP contribution in [0.15, 0.2) is 60.4 Å². The van der Waals surface area contributed by atoms with Crippen molar-refractivity contribution >= 4 is 65.0 Å². The van der Waals surface area contributed by atoms with E-state index in [9.17, 15) is 27.7 Å². The van der Waals surface area contributed by atoms with E-state index in [0.29, 0.717) is 4.47 Å². The molecule has 35 heavy (non-hydrogen) atoms. The number of hydrogen-bond donors (Lipinski definition) is 2. The molecule has 1 fully saturated rings. The second-order valence-electron chi connectivity index (χ2n) is 7.91. The van der Waals surface area contributed by atoms with Gasteiger partial charge in [0.15, 0.2) is 0 Å². The average molecular weight is 582 g/mol. The van der Waals surface area contributed by atoms with Gasteiger partial charge < -0.3 is 9.11 Å². The van der Waals surface area contributed by atoms with Crippen molar-refractivity contribution in [2.75, 3.05) is 11.0 Å². The number of nitrogens with zero attached hydrogens (tertiary/aromatic N) is 3. The number of aromatic nitrogens is 2. The van der Waals surface area contributed by atoms with Crippen molar-refractivity contribution in [3.8, 4) is 0 Å². The molecule has 0 saturated carbocycles. The van der Waals surface area contributed by atoms with E-state index >= 15 is 0 Å². The smallest absolute Gasteiger partial charge is 0.317 e. The van der Waals surface area contributed by atoms with E-state index < -0.39 is 44.1 Å². The normalized spacial score (nSPS) is 19.5. The van der Waals surface area contributed by atoms with Crippen molar-refractivity contribution < 1.29 is 22.9 Å². The van der Waals surface area contributed by atoms with Gasteiger partial charge in [-0.15, -0.1) is 0 Å². The van der Waals surface area contributed by atoms with Gasteiger partial charge >= 0.3 is 10.6 Å². The number of benzene rings is 2. The van der Waals surface area contributed by atoms with E-state index in [1.807, 2.05) is 0 Å². The van der Waals surface area contributed by atoms with E-state index in [1.165, 1.54) is 36.6 Å². The minimum Gasteiger partial charge on any atom is -0.623 e. The first kappa shape index (κ1) is 25.3. The van der Waals surface area contributed by atoms with Crippen molar-refractivity contribution in [1.82, 2.24) is 14.9 Å². The first-order valence-corrected chi connectivity index (χ1v) is 14.4. The second kappa shape index (κ2) is 9.35. The lowest BCUT2D eigenvalue weighted by Gasteiger charge is -2.24. The van der Waals surface area contributed by atoms with Gasteiger partial charge in [0, 0.05) is 27.1 Å². The molecule has 3 atom stereocenters. The lowest BCUT2D eigenvalue weighted by molar-refractivity contribution is -0.135. The molecule has 1 aliphatic heterocycles. The van der Waals surface area contributed by atoms with Crippen LogP contribution in [-0.4, -0.2) is 36.7 Å². The summed E-state index contributed by atoms with van der Waals surface area (Å²) in [6, 6.07) is 9.70. The van der Waals surface area contributed by atoms with Crippen LogP contribution in [0.5, 0.6) is 0 Å². The van der Waals surface area contributed by atoms with Gasteiger partial charge in [0.25, 0.3) is 5.56 Å². The predicted octanol–water partition coefficient (Wildman–Crippen LogP) is 2.47. The number of halogens is 1. The Hall–Kier alpha value is -2.78. The first-order chi connectivity index (χ1) is 16.4. The first-order valence-electron chi connectivity index (χ1n) is 10.3. The van der Waals surface area contributed by atoms with Gasteiger partial charge in [-0.25, -0.2) is 4.98 Å². The summed E-state index contributed by atoms with van der Waals surface area (Å²) >= 11 is 3.25. The van der Waals surface area contributed by atoms with E-state index in [-0.39, 0.29) is 40.2 Å². The Labute approximate surface area is 210 Å². The molecule has 2 N–H and O–H groups in total. The van der Waals surface area contributed by atoms with Gasteiger partial charge in [0.05, 0.1) is 22.8 Å². The molecule has 184 valence electrons. The van der Waals surface area contributed by atoms with Gasteiger partial charge in [-0.1, -0.05) is 28.1 Å². The Balaban J connectivity index is 1.80. The summed E-state index contributed by atoms with van der Waals surface area (Å²) in [6.07, 6.45) is 1.35. The number of anilines is 1. The molecule has 2 heterocycles. The SMILES string of the molecule is Cc1nc2cccc(N[S+](=O)([O-])N=[S+](C)([O-])c3cccc(Br)c3)c2c(=O)n1C1CCC(=O)NC1=O. The quantitative estimate of drug-likeness (QED) is 0.344. The van der Waals surface area contributed by atoms with E-state index in [1.54, 1.807) is 19.1 Å². The number of fused-ring (bicyclic) bond motifs is 1. The molecule has 2 aromatic carbocycles. The summed E-state index contributed by atoms with van der Waals surface area (Å²) < 4.78 is 46.4. The zero-order valence-corrected chi connectivity index (χ0v) is 21.7. The second-order valence-corrected chi connectivity index (χ2v) is 12.7. The molecule has 11 nitrogen and oxygen atoms in total. The summed E-state index contributed by atoms with van der Waals surface area (Å²) in [5.74, 6) is -0.845. The third-order valence-corrected chi connectivity index (χ3v) is 9.36. The summed E-state index contributed by atoms with van der Waals surface area (Å²) in [5, 5.41) is 2.11. The van der Waals surface area contributed by atoms with Crippen molar-refractivity contribution in [3.63, 3.8) is 0 Å². The molecule has 0 spiro atoms. The van der Waals surface area contributed by atoms with Crippen molar-refractivity contribution in [1.29, 1.82) is 0 Å². The third kappa shape index (κ3) is 5.26. The summed E-state index contributed by atoms with van der Waals surface area (Å²) in [5.41, 5.74) is -0.598. The van der Waals surface area contributed by atoms with E-state index in [0.717, 1.165) is 4.57 Å². The van der Waals surface area contributed by atoms with Crippen LogP contribution in [0.3, 0.4) is 0 Å². The topological polar surface area (TPSA) is 169 Å². The molecule has 1 aromatic heterocycles. The zero-order chi connectivity index (χ0) is 25.5. The van der Waals surface area contributed by atoms with Crippen molar-refractivity contribution in [3.05, 3.63) is 63.1 Å². The highest BCUT2D eigenvalue weighted by molar-refractivity contribution is 9.10. The average Bonchev–Trinajstić information content (AvgIpc) is 2.74. The molecule has 3 aromatic rings. The standard InChI is InChI=1S/C21H20BrN5O6S2/c1-12-23-15-7-4-8-16(19(15)21(30)27(12)17-9-10-18(28)24-20(17)29)25-35(32,33)26-34(2,31)14-6-3-5-13(22)11-14/h3-8,11,17H,9-10H2,1-2H3,(H2-2,24,25,26,28,29,30,31,32,33). The van der Waals surface area contributed by atoms with Crippen LogP contribution in [-0.2, 0) is 34.5 Å². The van der Waals surface area contributed by atoms with Crippen LogP contribution in [0.25, 0.3) is 10.9 Å². The number of imide groups is 1. The number of rotatable bonds is 5. The van der Waals surface area contributed by atoms with E-state index in [4.69, 9.17) is 0 Å². The lowest BCUT2D eigenvalue weighted by atomic mass is 10.1. The summed E-state index contributed by atoms with van der Waals surface area (Å²) in [7, 11) is -7.90. The highest BCUT2D eigenvalue weighted by atomic mass is 79.9. The Bertz CT molecular complexity index is 1530. The van der Waals surface area contributed by atoms with Crippen LogP contribution < -0.4 is 15.6 Å². The van der Waals surface area contributed by atoms with Crippen molar-refractivity contribution in [2.45, 2.75) is 30.7 Å². The monoisotopic (exact) mass is 581 g/mol. The Morgan fingerprint density at radius 2 is 1.91 bits per heavy atom. The summed E-state index contributed by atoms with van der Waals surface area (Å²) in [4.78, 5) is 41.9. The van der Waals surface area contributed by atoms with E-state index in [2.05, 4.69) is 34.7 Å². The number of hydrogen-bond acceptors (Lipinski definition) is 7. The Morgan fingerprint density at radius 3 is 2.60 bits per heavy atom. The molecule has 1 saturated heterocycles. The zero-order valence-electron chi connectivity index (χ0n) is 18.5. The highest BCUT2D eigenvalue weighted by Crippen LogP contribution is 2.27. The number of carbonyl (C=O) groups excluding carboxylic acids is 2. The van der Waals surface area contributed by atoms with Crippen LogP contribution in [0.1, 0.15) is 24.7 Å². The van der Waals surface area contributed by atoms with Gasteiger partial charge in [-0.3, -0.25) is 24.3 Å². The fraction of sp³-hybridized carbons (Fsp3) is 0.238. The van der Waals surface area contributed by atoms with Crippen LogP contribution in [0.4, 0.5) is 5.69 Å². The molecule has 0 radical (unpaired) electrons. The molecule has 1 aliphatic rings. The van der Waals surface area contributed by atoms with Gasteiger partial charge in [-0.05, 0) is 41.8 Å². The van der Waals surface area contributed by atoms with Crippen LogP contribution >= 0.6 is 15.9 Å². The Morgan fingerprint density at radius 1 is 1.20 bits per heavy atom. The maximum Gasteiger partial charge on any atom is 0.317 e. The molecule has 0 aliphatic carbocycles. The Kier molecular flexibility index (Phi) is 6.76. The molecule has 0 bridgehead atoms. The van der Waals surface area contributed by atoms with Gasteiger partial charge in [0.2, 0.25) is 11.8 Å². The lowest BCUT2D eigenvalue weighted by Crippen LogP contribution is -2.45. The predicted molar refractivity (Wildman–Crippen MR) is 134 cm³/mol. The maximum atomic E-state index is 13.5. The van der Waals surface area contributed by atoms with Crippen LogP contribution in [0.2, 0.25) is 0 Å². The number of nitrogens with one attached hydrogen (secondary N) is 2. The van der Waals surface area contributed by atoms with Gasteiger partial charge in [0.1, 0.15) is 20.5 Å². The maximum absolute atomic E-state index is 13.5. The van der Waals surface area contributed by atoms with Gasteiger partial charge in [-0.2, -0.15) is 4.72 Å². The largest absolute Gasteiger partial charge is 0.623 e. The highest BCUT2D eigenvalue weighted by Gasteiger charge is 2.32. The molecular formula is C21H20BrN5O6S2. The summed E-state index contributed by atoms with van der Waals surface area (Å²) in [6.45, 7) is 1.54. The number of carbonyl (C=O) groups is 2. The third-order valence-electron chi connectivity index (χ3n) is 5.34. The minimum atomic E-state index is -4.54. The molecule has 3 unspecified atom stereocenters. The van der Waals surface area contributed by atoms with Crippen LogP contribution in [0, 0.1) is 6.92 Å². The molecule has 2 amide bonds. The molecule has 14 heteroatoms. The minimum absolute atomic E-state index is 0.0495. The fourth-order valence-corrected chi connectivity index (χ4v) is 7.49. The van der Waals surface area contributed by atoms with Crippen molar-refractivity contribution in [2.24, 2.45) is 3.77 Å². The fourth-order valence-electron chi connectivity index (χ4n) is 3.82. The number of piperidine rings is 1. The molecular weight excluding hydrogens is 562 g/mol. The molecule has 4 rings (SSSR count). The number of aryl methyl sites for hydroxylation is 1.